The molecule has 49 heavy (non-hydrogen) atoms. The lowest BCUT2D eigenvalue weighted by molar-refractivity contribution is -0.0818. The molecule has 2 N–H and O–H groups in total. The Morgan fingerprint density at radius 2 is 1.59 bits per heavy atom. The van der Waals surface area contributed by atoms with Crippen molar-refractivity contribution >= 4 is 40.9 Å². The number of nitrogens with zero attached hydrogens (tertiary/aromatic N) is 2. The van der Waals surface area contributed by atoms with Gasteiger partial charge in [-0.25, -0.2) is 13.8 Å². The number of aromatic amines is 1. The van der Waals surface area contributed by atoms with Crippen molar-refractivity contribution in [3.8, 4) is 5.19 Å². The number of hydrogen-bond donors (Lipinski definition) is 2. The summed E-state index contributed by atoms with van der Waals surface area (Å²) in [6, 6.07) is 27.8. The molecule has 0 saturated carbocycles. The zero-order valence-electron chi connectivity index (χ0n) is 28.9. The van der Waals surface area contributed by atoms with Crippen molar-refractivity contribution in [1.29, 1.82) is 0 Å². The van der Waals surface area contributed by atoms with E-state index in [1.165, 1.54) is 16.9 Å². The number of hydrogen-bond acceptors (Lipinski definition) is 6. The first-order valence-electron chi connectivity index (χ1n) is 17.3. The number of halogens is 2. The van der Waals surface area contributed by atoms with Crippen LogP contribution < -0.4 is 20.4 Å². The lowest BCUT2D eigenvalue weighted by Crippen LogP contribution is -2.67. The van der Waals surface area contributed by atoms with Crippen LogP contribution in [0.1, 0.15) is 63.2 Å². The van der Waals surface area contributed by atoms with Crippen molar-refractivity contribution in [2.75, 3.05) is 19.7 Å². The zero-order chi connectivity index (χ0) is 34.4. The number of fused-ring (bicyclic) bond motifs is 3. The second-order valence-corrected chi connectivity index (χ2v) is 20.0. The molecule has 10 heteroatoms. The van der Waals surface area contributed by atoms with E-state index in [2.05, 4.69) is 62.0 Å². The maximum atomic E-state index is 16.7. The Morgan fingerprint density at radius 3 is 2.22 bits per heavy atom. The van der Waals surface area contributed by atoms with Gasteiger partial charge in [0.1, 0.15) is 6.10 Å². The number of thiazole rings is 1. The van der Waals surface area contributed by atoms with Crippen LogP contribution in [0.15, 0.2) is 91.1 Å². The highest BCUT2D eigenvalue weighted by molar-refractivity contribution is 7.13. The Balaban J connectivity index is 1.23. The van der Waals surface area contributed by atoms with E-state index in [1.54, 1.807) is 0 Å². The van der Waals surface area contributed by atoms with Crippen LogP contribution >= 0.6 is 11.3 Å². The summed E-state index contributed by atoms with van der Waals surface area (Å²) < 4.78 is 46.5. The highest BCUT2D eigenvalue weighted by Crippen LogP contribution is 2.45. The van der Waals surface area contributed by atoms with Gasteiger partial charge < -0.3 is 19.5 Å². The number of nitrogens with one attached hydrogen (secondary N) is 2. The van der Waals surface area contributed by atoms with Gasteiger partial charge in [-0.1, -0.05) is 111 Å². The van der Waals surface area contributed by atoms with Gasteiger partial charge in [-0.15, -0.1) is 0 Å². The Bertz CT molecular complexity index is 1840. The molecular formula is C39H46F2N4O2SSi. The van der Waals surface area contributed by atoms with Crippen LogP contribution in [0.3, 0.4) is 0 Å². The first-order chi connectivity index (χ1) is 23.5. The van der Waals surface area contributed by atoms with Crippen molar-refractivity contribution in [2.24, 2.45) is 0 Å². The topological polar surface area (TPSA) is 62.4 Å². The van der Waals surface area contributed by atoms with Crippen LogP contribution in [0.5, 0.6) is 5.19 Å². The molecule has 0 spiro atoms. The summed E-state index contributed by atoms with van der Waals surface area (Å²) >= 11 is 1.46. The predicted molar refractivity (Wildman–Crippen MR) is 197 cm³/mol. The molecule has 258 valence electrons. The summed E-state index contributed by atoms with van der Waals surface area (Å²) in [5.41, 5.74) is 3.15. The number of alkyl halides is 2. The van der Waals surface area contributed by atoms with Crippen LogP contribution in [0.25, 0.3) is 10.9 Å². The lowest BCUT2D eigenvalue weighted by Gasteiger charge is -2.45. The van der Waals surface area contributed by atoms with E-state index < -0.39 is 38.5 Å². The minimum Gasteiger partial charge on any atom is -0.465 e. The minimum atomic E-state index is -3.16. The number of rotatable bonds is 10. The SMILES string of the molecule is C[C@@H]1NCC[C@H]1Oc1ncc([C@@H]2c3[nH]c4ccccc4c3C[C@@H](C)N2CC(F)(F)CO[Si](c2ccccc2)(c2ccccc2)C(C)(C)C)s1. The first kappa shape index (κ1) is 34.1. The Kier molecular flexibility index (Phi) is 9.29. The van der Waals surface area contributed by atoms with Crippen molar-refractivity contribution in [2.45, 2.75) is 82.7 Å². The molecule has 1 fully saturated rings. The number of aromatic nitrogens is 2. The normalized spacial score (nSPS) is 22.0. The standard InChI is InChI=1S/C39H46F2N4O2SSi/c1-26-22-31-30-18-12-13-19-32(30)44-35(31)36(34-23-43-37(48-34)47-33-20-21-42-27(33)2)45(26)24-39(40,41)25-46-49(38(3,4)5,28-14-8-6-9-15-28)29-16-10-7-11-17-29/h6-19,23,26-27,33,36,42,44H,20-22,24-25H2,1-5H3/t26-,27+,33-,36-/m1/s1. The van der Waals surface area contributed by atoms with E-state index in [1.807, 2.05) is 83.9 Å². The third-order valence-corrected chi connectivity index (χ3v) is 16.2. The summed E-state index contributed by atoms with van der Waals surface area (Å²) in [4.78, 5) is 11.1. The van der Waals surface area contributed by atoms with Crippen LogP contribution in [0.4, 0.5) is 8.78 Å². The van der Waals surface area contributed by atoms with Crippen LogP contribution in [0, 0.1) is 0 Å². The van der Waals surface area contributed by atoms with E-state index in [0.717, 1.165) is 44.8 Å². The van der Waals surface area contributed by atoms with Crippen molar-refractivity contribution in [1.82, 2.24) is 20.2 Å². The van der Waals surface area contributed by atoms with E-state index in [4.69, 9.17) is 9.16 Å². The van der Waals surface area contributed by atoms with Crippen molar-refractivity contribution < 1.29 is 17.9 Å². The average Bonchev–Trinajstić information content (AvgIpc) is 3.81. The summed E-state index contributed by atoms with van der Waals surface area (Å²) in [5.74, 6) is -3.14. The van der Waals surface area contributed by atoms with Gasteiger partial charge in [0.15, 0.2) is 0 Å². The molecule has 6 nitrogen and oxygen atoms in total. The molecule has 5 aromatic rings. The van der Waals surface area contributed by atoms with Gasteiger partial charge in [0, 0.05) is 34.9 Å². The molecule has 0 bridgehead atoms. The fourth-order valence-electron chi connectivity index (χ4n) is 7.92. The summed E-state index contributed by atoms with van der Waals surface area (Å²) in [6.07, 6.45) is 3.42. The Hall–Kier alpha value is -3.41. The van der Waals surface area contributed by atoms with Gasteiger partial charge in [-0.3, -0.25) is 4.90 Å². The Morgan fingerprint density at radius 1 is 0.939 bits per heavy atom. The van der Waals surface area contributed by atoms with Gasteiger partial charge in [0.2, 0.25) is 0 Å². The molecule has 4 atom stereocenters. The second kappa shape index (κ2) is 13.4. The second-order valence-electron chi connectivity index (χ2n) is 14.7. The quantitative estimate of drug-likeness (QED) is 0.150. The monoisotopic (exact) mass is 700 g/mol. The molecule has 0 unspecified atom stereocenters. The third-order valence-electron chi connectivity index (χ3n) is 10.3. The van der Waals surface area contributed by atoms with Gasteiger partial charge in [0.05, 0.1) is 24.1 Å². The highest BCUT2D eigenvalue weighted by atomic mass is 32.1. The summed E-state index contributed by atoms with van der Waals surface area (Å²) in [7, 11) is -3.16. The average molecular weight is 701 g/mol. The molecule has 4 heterocycles. The fourth-order valence-corrected chi connectivity index (χ4v) is 13.5. The van der Waals surface area contributed by atoms with E-state index in [0.29, 0.717) is 11.6 Å². The minimum absolute atomic E-state index is 0.0342. The van der Waals surface area contributed by atoms with E-state index >= 15 is 8.78 Å². The van der Waals surface area contributed by atoms with Crippen molar-refractivity contribution in [3.05, 3.63) is 107 Å². The number of para-hydroxylation sites is 1. The molecule has 3 aromatic carbocycles. The Labute approximate surface area is 293 Å². The molecular weight excluding hydrogens is 655 g/mol. The maximum Gasteiger partial charge on any atom is 0.282 e. The van der Waals surface area contributed by atoms with Crippen LogP contribution in [-0.4, -0.2) is 67.0 Å². The summed E-state index contributed by atoms with van der Waals surface area (Å²) in [5, 5.41) is 6.71. The van der Waals surface area contributed by atoms with Gasteiger partial charge in [-0.05, 0) is 60.3 Å². The van der Waals surface area contributed by atoms with E-state index in [-0.39, 0.29) is 18.2 Å². The molecule has 2 aliphatic rings. The van der Waals surface area contributed by atoms with Crippen molar-refractivity contribution in [3.63, 3.8) is 0 Å². The molecule has 2 aliphatic heterocycles. The van der Waals surface area contributed by atoms with Crippen LogP contribution in [-0.2, 0) is 10.8 Å². The number of ether oxygens (including phenoxy) is 1. The van der Waals surface area contributed by atoms with E-state index in [9.17, 15) is 0 Å². The zero-order valence-corrected chi connectivity index (χ0v) is 30.7. The first-order valence-corrected chi connectivity index (χ1v) is 20.0. The fraction of sp³-hybridized carbons (Fsp3) is 0.410. The number of H-pyrrole nitrogens is 1. The van der Waals surface area contributed by atoms with Gasteiger partial charge >= 0.3 is 0 Å². The molecule has 1 saturated heterocycles. The number of benzene rings is 3. The highest BCUT2D eigenvalue weighted by Gasteiger charge is 2.52. The third kappa shape index (κ3) is 6.49. The smallest absolute Gasteiger partial charge is 0.282 e. The lowest BCUT2D eigenvalue weighted by atomic mass is 9.91. The molecule has 0 radical (unpaired) electrons. The predicted octanol–water partition coefficient (Wildman–Crippen LogP) is 7.30. The van der Waals surface area contributed by atoms with Gasteiger partial charge in [-0.2, -0.15) is 0 Å². The summed E-state index contributed by atoms with van der Waals surface area (Å²) in [6.45, 7) is 10.3. The maximum absolute atomic E-state index is 16.7. The molecule has 2 aromatic heterocycles. The largest absolute Gasteiger partial charge is 0.465 e. The molecule has 0 amide bonds. The molecule has 0 aliphatic carbocycles. The van der Waals surface area contributed by atoms with Crippen LogP contribution in [0.2, 0.25) is 5.04 Å². The van der Waals surface area contributed by atoms with Gasteiger partial charge in [0.25, 0.3) is 19.4 Å². The molecule has 7 rings (SSSR count).